The van der Waals surface area contributed by atoms with Gasteiger partial charge in [0.15, 0.2) is 0 Å². The number of carbonyl (C=O) groups is 1. The second kappa shape index (κ2) is 6.78. The molecule has 0 aliphatic carbocycles. The monoisotopic (exact) mass is 294 g/mol. The quantitative estimate of drug-likeness (QED) is 0.844. The van der Waals surface area contributed by atoms with Gasteiger partial charge in [-0.15, -0.1) is 0 Å². The minimum Gasteiger partial charge on any atom is -0.508 e. The molecular formula is C15H22N2O4. The van der Waals surface area contributed by atoms with Crippen molar-refractivity contribution in [2.24, 2.45) is 0 Å². The predicted octanol–water partition coefficient (Wildman–Crippen LogP) is 0.992. The highest BCUT2D eigenvalue weighted by Gasteiger charge is 2.25. The number of hydrogen-bond acceptors (Lipinski definition) is 5. The molecule has 1 unspecified atom stereocenters. The van der Waals surface area contributed by atoms with Crippen molar-refractivity contribution in [2.45, 2.75) is 19.5 Å². The molecule has 1 aliphatic rings. The van der Waals surface area contributed by atoms with E-state index in [0.717, 1.165) is 37.5 Å². The molecule has 21 heavy (non-hydrogen) atoms. The lowest BCUT2D eigenvalue weighted by Crippen LogP contribution is -2.51. The average molecular weight is 294 g/mol. The number of rotatable bonds is 5. The standard InChI is InChI=1S/C15H22N2O4/c1-11(15(19)20)17-7-5-16(6-8-17)10-12-9-13(21-2)3-4-14(12)18/h3-4,9,11,18H,5-8,10H2,1-2H3,(H,19,20). The van der Waals surface area contributed by atoms with Gasteiger partial charge in [0.05, 0.1) is 7.11 Å². The smallest absolute Gasteiger partial charge is 0.320 e. The van der Waals surface area contributed by atoms with Crippen molar-refractivity contribution in [3.8, 4) is 11.5 Å². The number of ether oxygens (including phenoxy) is 1. The first-order valence-corrected chi connectivity index (χ1v) is 7.06. The van der Waals surface area contributed by atoms with Gasteiger partial charge >= 0.3 is 5.97 Å². The molecule has 116 valence electrons. The molecule has 1 atom stereocenters. The third-order valence-electron chi connectivity index (χ3n) is 3.99. The summed E-state index contributed by atoms with van der Waals surface area (Å²) in [6, 6.07) is 4.75. The normalized spacial score (nSPS) is 18.4. The van der Waals surface area contributed by atoms with E-state index in [2.05, 4.69) is 4.90 Å². The van der Waals surface area contributed by atoms with Crippen molar-refractivity contribution < 1.29 is 19.7 Å². The third kappa shape index (κ3) is 3.86. The van der Waals surface area contributed by atoms with Crippen LogP contribution in [0.5, 0.6) is 11.5 Å². The van der Waals surface area contributed by atoms with E-state index in [0.29, 0.717) is 6.54 Å². The van der Waals surface area contributed by atoms with E-state index < -0.39 is 12.0 Å². The van der Waals surface area contributed by atoms with Crippen LogP contribution >= 0.6 is 0 Å². The molecule has 0 spiro atoms. The average Bonchev–Trinajstić information content (AvgIpc) is 2.49. The SMILES string of the molecule is COc1ccc(O)c(CN2CCN(C(C)C(=O)O)CC2)c1. The van der Waals surface area contributed by atoms with Gasteiger partial charge in [-0.2, -0.15) is 0 Å². The lowest BCUT2D eigenvalue weighted by atomic mass is 10.1. The van der Waals surface area contributed by atoms with E-state index in [-0.39, 0.29) is 5.75 Å². The Hall–Kier alpha value is -1.79. The van der Waals surface area contributed by atoms with Crippen molar-refractivity contribution in [3.63, 3.8) is 0 Å². The molecule has 1 aliphatic heterocycles. The van der Waals surface area contributed by atoms with Gasteiger partial charge in [0.1, 0.15) is 17.5 Å². The molecule has 6 nitrogen and oxygen atoms in total. The lowest BCUT2D eigenvalue weighted by Gasteiger charge is -2.36. The Morgan fingerprint density at radius 3 is 2.57 bits per heavy atom. The molecule has 0 bridgehead atoms. The Labute approximate surface area is 124 Å². The molecule has 1 saturated heterocycles. The van der Waals surface area contributed by atoms with E-state index >= 15 is 0 Å². The topological polar surface area (TPSA) is 73.2 Å². The molecule has 1 fully saturated rings. The summed E-state index contributed by atoms with van der Waals surface area (Å²) in [6.07, 6.45) is 0. The molecule has 2 N–H and O–H groups in total. The number of carboxylic acid groups (broad SMARTS) is 1. The first kappa shape index (κ1) is 15.6. The Balaban J connectivity index is 1.93. The van der Waals surface area contributed by atoms with Crippen LogP contribution in [0.2, 0.25) is 0 Å². The minimum absolute atomic E-state index is 0.261. The second-order valence-corrected chi connectivity index (χ2v) is 5.32. The summed E-state index contributed by atoms with van der Waals surface area (Å²) < 4.78 is 5.17. The second-order valence-electron chi connectivity index (χ2n) is 5.32. The molecule has 0 radical (unpaired) electrons. The number of piperazine rings is 1. The van der Waals surface area contributed by atoms with Crippen LogP contribution in [0.4, 0.5) is 0 Å². The van der Waals surface area contributed by atoms with Crippen molar-refractivity contribution in [1.29, 1.82) is 0 Å². The van der Waals surface area contributed by atoms with Crippen LogP contribution in [0.25, 0.3) is 0 Å². The molecule has 1 aromatic rings. The number of methoxy groups -OCH3 is 1. The van der Waals surface area contributed by atoms with Gasteiger partial charge in [0, 0.05) is 38.3 Å². The molecule has 1 heterocycles. The fourth-order valence-corrected chi connectivity index (χ4v) is 2.52. The summed E-state index contributed by atoms with van der Waals surface area (Å²) in [6.45, 7) is 5.36. The zero-order valence-corrected chi connectivity index (χ0v) is 12.5. The highest BCUT2D eigenvalue weighted by atomic mass is 16.5. The molecule has 0 aromatic heterocycles. The van der Waals surface area contributed by atoms with E-state index in [1.807, 2.05) is 11.0 Å². The summed E-state index contributed by atoms with van der Waals surface area (Å²) in [5.41, 5.74) is 0.828. The van der Waals surface area contributed by atoms with Crippen LogP contribution in [0.1, 0.15) is 12.5 Å². The first-order valence-electron chi connectivity index (χ1n) is 7.06. The van der Waals surface area contributed by atoms with E-state index in [4.69, 9.17) is 9.84 Å². The molecular weight excluding hydrogens is 272 g/mol. The summed E-state index contributed by atoms with van der Waals surface area (Å²) in [4.78, 5) is 15.2. The molecule has 6 heteroatoms. The van der Waals surface area contributed by atoms with E-state index in [1.165, 1.54) is 0 Å². The van der Waals surface area contributed by atoms with Crippen LogP contribution in [-0.4, -0.2) is 65.3 Å². The molecule has 1 aromatic carbocycles. The fraction of sp³-hybridized carbons (Fsp3) is 0.533. The van der Waals surface area contributed by atoms with Crippen molar-refractivity contribution in [1.82, 2.24) is 9.80 Å². The number of carboxylic acids is 1. The van der Waals surface area contributed by atoms with Gasteiger partial charge in [-0.1, -0.05) is 0 Å². The summed E-state index contributed by atoms with van der Waals surface area (Å²) in [5, 5.41) is 18.9. The number of hydrogen-bond donors (Lipinski definition) is 2. The van der Waals surface area contributed by atoms with Crippen molar-refractivity contribution >= 4 is 5.97 Å². The molecule has 0 amide bonds. The zero-order valence-electron chi connectivity index (χ0n) is 12.5. The Morgan fingerprint density at radius 2 is 2.00 bits per heavy atom. The highest BCUT2D eigenvalue weighted by Crippen LogP contribution is 2.24. The maximum Gasteiger partial charge on any atom is 0.320 e. The number of aromatic hydroxyl groups is 1. The van der Waals surface area contributed by atoms with Gasteiger partial charge in [0.2, 0.25) is 0 Å². The zero-order chi connectivity index (χ0) is 15.4. The van der Waals surface area contributed by atoms with Crippen LogP contribution in [0, 0.1) is 0 Å². The number of benzene rings is 1. The van der Waals surface area contributed by atoms with Gasteiger partial charge in [-0.25, -0.2) is 0 Å². The summed E-state index contributed by atoms with van der Waals surface area (Å²) >= 11 is 0. The molecule has 2 rings (SSSR count). The van der Waals surface area contributed by atoms with Gasteiger partial charge < -0.3 is 14.9 Å². The van der Waals surface area contributed by atoms with Gasteiger partial charge in [-0.3, -0.25) is 14.6 Å². The largest absolute Gasteiger partial charge is 0.508 e. The number of nitrogens with zero attached hydrogens (tertiary/aromatic N) is 2. The van der Waals surface area contributed by atoms with Gasteiger partial charge in [-0.05, 0) is 25.1 Å². The minimum atomic E-state index is -0.783. The number of phenolic OH excluding ortho intramolecular Hbond substituents is 1. The van der Waals surface area contributed by atoms with Crippen LogP contribution < -0.4 is 4.74 Å². The first-order chi connectivity index (χ1) is 10.0. The highest BCUT2D eigenvalue weighted by molar-refractivity contribution is 5.72. The summed E-state index contributed by atoms with van der Waals surface area (Å²) in [7, 11) is 1.60. The Morgan fingerprint density at radius 1 is 1.33 bits per heavy atom. The molecule has 0 saturated carbocycles. The van der Waals surface area contributed by atoms with Crippen LogP contribution in [0.15, 0.2) is 18.2 Å². The summed E-state index contributed by atoms with van der Waals surface area (Å²) in [5.74, 6) is 0.201. The van der Waals surface area contributed by atoms with Crippen molar-refractivity contribution in [2.75, 3.05) is 33.3 Å². The van der Waals surface area contributed by atoms with Crippen LogP contribution in [0.3, 0.4) is 0 Å². The van der Waals surface area contributed by atoms with Crippen LogP contribution in [-0.2, 0) is 11.3 Å². The van der Waals surface area contributed by atoms with E-state index in [1.54, 1.807) is 26.2 Å². The van der Waals surface area contributed by atoms with Gasteiger partial charge in [0.25, 0.3) is 0 Å². The fourth-order valence-electron chi connectivity index (χ4n) is 2.52. The van der Waals surface area contributed by atoms with E-state index in [9.17, 15) is 9.90 Å². The maximum absolute atomic E-state index is 11.0. The number of aliphatic carboxylic acids is 1. The Bertz CT molecular complexity index is 498. The lowest BCUT2D eigenvalue weighted by molar-refractivity contribution is -0.143. The maximum atomic E-state index is 11.0. The van der Waals surface area contributed by atoms with Crippen molar-refractivity contribution in [3.05, 3.63) is 23.8 Å². The third-order valence-corrected chi connectivity index (χ3v) is 3.99. The predicted molar refractivity (Wildman–Crippen MR) is 78.6 cm³/mol. The Kier molecular flexibility index (Phi) is 5.03. The number of phenols is 1.